The molecular formula is C24H22BrNO. The van der Waals surface area contributed by atoms with Crippen LogP contribution in [0.3, 0.4) is 0 Å². The van der Waals surface area contributed by atoms with Crippen molar-refractivity contribution < 1.29 is 4.79 Å². The van der Waals surface area contributed by atoms with Crippen molar-refractivity contribution in [3.05, 3.63) is 90.0 Å². The van der Waals surface area contributed by atoms with E-state index in [0.29, 0.717) is 0 Å². The Morgan fingerprint density at radius 2 is 1.33 bits per heavy atom. The molecule has 0 spiro atoms. The highest BCUT2D eigenvalue weighted by Crippen LogP contribution is 2.51. The van der Waals surface area contributed by atoms with Gasteiger partial charge in [0.05, 0.1) is 0 Å². The number of anilines is 1. The van der Waals surface area contributed by atoms with Gasteiger partial charge in [0.2, 0.25) is 5.91 Å². The van der Waals surface area contributed by atoms with Gasteiger partial charge in [0, 0.05) is 11.0 Å². The van der Waals surface area contributed by atoms with E-state index in [0.717, 1.165) is 41.4 Å². The third kappa shape index (κ3) is 3.10. The summed E-state index contributed by atoms with van der Waals surface area (Å²) in [5, 5.41) is 4.13. The minimum Gasteiger partial charge on any atom is -0.325 e. The van der Waals surface area contributed by atoms with E-state index >= 15 is 0 Å². The third-order valence-corrected chi connectivity index (χ3v) is 5.98. The summed E-state index contributed by atoms with van der Waals surface area (Å²) in [5.41, 5.74) is 4.78. The molecule has 1 N–H and O–H groups in total. The molecule has 27 heavy (non-hydrogen) atoms. The van der Waals surface area contributed by atoms with Gasteiger partial charge in [-0.3, -0.25) is 4.79 Å². The van der Waals surface area contributed by atoms with Gasteiger partial charge in [0.1, 0.15) is 5.41 Å². The fourth-order valence-corrected chi connectivity index (χ4v) is 4.59. The monoisotopic (exact) mass is 419 g/mol. The number of carbonyl (C=O) groups excluding carboxylic acids is 1. The molecule has 0 saturated carbocycles. The number of fused-ring (bicyclic) bond motifs is 3. The molecule has 0 aliphatic heterocycles. The molecule has 0 fully saturated rings. The van der Waals surface area contributed by atoms with Gasteiger partial charge in [0.25, 0.3) is 0 Å². The molecule has 1 aliphatic carbocycles. The second-order valence-corrected chi connectivity index (χ2v) is 7.76. The molecule has 3 aromatic carbocycles. The summed E-state index contributed by atoms with van der Waals surface area (Å²) in [6.07, 6.45) is 2.83. The van der Waals surface area contributed by atoms with Crippen molar-refractivity contribution in [3.8, 4) is 11.1 Å². The van der Waals surface area contributed by atoms with Gasteiger partial charge in [-0.1, -0.05) is 89.1 Å². The van der Waals surface area contributed by atoms with E-state index in [-0.39, 0.29) is 5.91 Å². The number of hydrogen-bond donors (Lipinski definition) is 1. The summed E-state index contributed by atoms with van der Waals surface area (Å²) in [6, 6.07) is 26.4. The van der Waals surface area contributed by atoms with Crippen LogP contribution in [0.5, 0.6) is 0 Å². The van der Waals surface area contributed by atoms with Crippen molar-refractivity contribution in [1.29, 1.82) is 0 Å². The zero-order valence-electron chi connectivity index (χ0n) is 15.1. The fourth-order valence-electron chi connectivity index (χ4n) is 4.20. The first-order chi connectivity index (χ1) is 13.3. The molecular weight excluding hydrogens is 398 g/mol. The number of benzene rings is 3. The lowest BCUT2D eigenvalue weighted by atomic mass is 9.73. The average molecular weight is 420 g/mol. The van der Waals surface area contributed by atoms with Crippen molar-refractivity contribution in [1.82, 2.24) is 0 Å². The molecule has 1 aliphatic rings. The fraction of sp³-hybridized carbons (Fsp3) is 0.208. The summed E-state index contributed by atoms with van der Waals surface area (Å²) < 4.78 is 0. The molecule has 0 aromatic heterocycles. The first-order valence-electron chi connectivity index (χ1n) is 9.39. The van der Waals surface area contributed by atoms with Crippen molar-refractivity contribution >= 4 is 27.5 Å². The number of alkyl halides is 1. The van der Waals surface area contributed by atoms with Crippen LogP contribution in [0.4, 0.5) is 5.69 Å². The van der Waals surface area contributed by atoms with E-state index in [2.05, 4.69) is 57.6 Å². The van der Waals surface area contributed by atoms with Gasteiger partial charge in [-0.05, 0) is 47.2 Å². The molecule has 0 unspecified atom stereocenters. The lowest BCUT2D eigenvalue weighted by molar-refractivity contribution is -0.120. The number of halogens is 1. The van der Waals surface area contributed by atoms with Crippen LogP contribution in [0.25, 0.3) is 11.1 Å². The van der Waals surface area contributed by atoms with Crippen molar-refractivity contribution in [2.75, 3.05) is 10.6 Å². The quantitative estimate of drug-likeness (QED) is 0.376. The molecule has 1 amide bonds. The molecule has 0 radical (unpaired) electrons. The Morgan fingerprint density at radius 3 is 1.93 bits per heavy atom. The molecule has 136 valence electrons. The first kappa shape index (κ1) is 18.0. The smallest absolute Gasteiger partial charge is 0.239 e. The number of unbranched alkanes of at least 4 members (excludes halogenated alkanes) is 1. The Balaban J connectivity index is 1.84. The molecule has 3 aromatic rings. The van der Waals surface area contributed by atoms with Gasteiger partial charge in [-0.25, -0.2) is 0 Å². The van der Waals surface area contributed by atoms with E-state index < -0.39 is 5.41 Å². The lowest BCUT2D eigenvalue weighted by Crippen LogP contribution is -2.40. The van der Waals surface area contributed by atoms with E-state index in [1.165, 1.54) is 11.1 Å². The van der Waals surface area contributed by atoms with E-state index in [1.807, 2.05) is 42.5 Å². The maximum absolute atomic E-state index is 13.7. The van der Waals surface area contributed by atoms with Gasteiger partial charge in [0.15, 0.2) is 0 Å². The van der Waals surface area contributed by atoms with Gasteiger partial charge >= 0.3 is 0 Å². The van der Waals surface area contributed by atoms with Gasteiger partial charge in [-0.15, -0.1) is 0 Å². The summed E-state index contributed by atoms with van der Waals surface area (Å²) in [5.74, 6) is 0.0562. The van der Waals surface area contributed by atoms with E-state index in [4.69, 9.17) is 0 Å². The SMILES string of the molecule is O=C(Nc1ccccc1)C1(CCCCBr)c2ccccc2-c2ccccc21. The average Bonchev–Trinajstić information content (AvgIpc) is 3.00. The molecule has 0 heterocycles. The predicted octanol–water partition coefficient (Wildman–Crippen LogP) is 6.16. The molecule has 3 heteroatoms. The Kier molecular flexibility index (Phi) is 5.13. The standard InChI is InChI=1S/C24H22BrNO/c25-17-9-8-16-24(23(27)26-18-10-2-1-3-11-18)21-14-6-4-12-19(21)20-13-5-7-15-22(20)24/h1-7,10-15H,8-9,16-17H2,(H,26,27). The summed E-state index contributed by atoms with van der Waals surface area (Å²) in [4.78, 5) is 13.7. The Morgan fingerprint density at radius 1 is 0.778 bits per heavy atom. The second kappa shape index (κ2) is 7.69. The summed E-state index contributed by atoms with van der Waals surface area (Å²) in [7, 11) is 0. The van der Waals surface area contributed by atoms with Crippen LogP contribution >= 0.6 is 15.9 Å². The minimum absolute atomic E-state index is 0.0562. The highest BCUT2D eigenvalue weighted by atomic mass is 79.9. The first-order valence-corrected chi connectivity index (χ1v) is 10.5. The molecule has 2 nitrogen and oxygen atoms in total. The largest absolute Gasteiger partial charge is 0.325 e. The topological polar surface area (TPSA) is 29.1 Å². The van der Waals surface area contributed by atoms with Crippen LogP contribution < -0.4 is 5.32 Å². The maximum atomic E-state index is 13.7. The van der Waals surface area contributed by atoms with Crippen molar-refractivity contribution in [3.63, 3.8) is 0 Å². The van der Waals surface area contributed by atoms with E-state index in [9.17, 15) is 4.79 Å². The molecule has 0 saturated heterocycles. The number of para-hydroxylation sites is 1. The number of hydrogen-bond acceptors (Lipinski definition) is 1. The minimum atomic E-state index is -0.648. The number of amides is 1. The van der Waals surface area contributed by atoms with E-state index in [1.54, 1.807) is 0 Å². The third-order valence-electron chi connectivity index (χ3n) is 5.42. The van der Waals surface area contributed by atoms with Crippen LogP contribution in [-0.2, 0) is 10.2 Å². The molecule has 0 atom stereocenters. The number of nitrogens with one attached hydrogen (secondary N) is 1. The number of rotatable bonds is 6. The van der Waals surface area contributed by atoms with Gasteiger partial charge < -0.3 is 5.32 Å². The van der Waals surface area contributed by atoms with Crippen LogP contribution in [0.1, 0.15) is 30.4 Å². The van der Waals surface area contributed by atoms with Crippen LogP contribution in [0, 0.1) is 0 Å². The highest BCUT2D eigenvalue weighted by Gasteiger charge is 2.48. The zero-order valence-corrected chi connectivity index (χ0v) is 16.7. The van der Waals surface area contributed by atoms with Crippen LogP contribution in [0.2, 0.25) is 0 Å². The van der Waals surface area contributed by atoms with Gasteiger partial charge in [-0.2, -0.15) is 0 Å². The van der Waals surface area contributed by atoms with Crippen LogP contribution in [0.15, 0.2) is 78.9 Å². The maximum Gasteiger partial charge on any atom is 0.239 e. The van der Waals surface area contributed by atoms with Crippen molar-refractivity contribution in [2.45, 2.75) is 24.7 Å². The van der Waals surface area contributed by atoms with Crippen molar-refractivity contribution in [2.24, 2.45) is 0 Å². The molecule has 0 bridgehead atoms. The summed E-state index contributed by atoms with van der Waals surface area (Å²) >= 11 is 3.53. The van der Waals surface area contributed by atoms with Crippen LogP contribution in [-0.4, -0.2) is 11.2 Å². The Bertz CT molecular complexity index is 906. The molecule has 4 rings (SSSR count). The zero-order chi connectivity index (χ0) is 18.7. The Labute approximate surface area is 168 Å². The highest BCUT2D eigenvalue weighted by molar-refractivity contribution is 9.09. The second-order valence-electron chi connectivity index (χ2n) is 6.96. The lowest BCUT2D eigenvalue weighted by Gasteiger charge is -2.31. The Hall–Kier alpha value is -2.39. The summed E-state index contributed by atoms with van der Waals surface area (Å²) in [6.45, 7) is 0. The normalized spacial score (nSPS) is 13.7. The number of carbonyl (C=O) groups is 1. The predicted molar refractivity (Wildman–Crippen MR) is 115 cm³/mol.